The lowest BCUT2D eigenvalue weighted by atomic mass is 9.87. The van der Waals surface area contributed by atoms with E-state index >= 15 is 0 Å². The molecule has 4 nitrogen and oxygen atoms in total. The third-order valence-electron chi connectivity index (χ3n) is 6.31. The zero-order valence-corrected chi connectivity index (χ0v) is 17.1. The molecule has 0 N–H and O–H groups in total. The van der Waals surface area contributed by atoms with Gasteiger partial charge in [0.1, 0.15) is 12.2 Å². The Kier molecular flexibility index (Phi) is 7.93. The van der Waals surface area contributed by atoms with E-state index < -0.39 is 0 Å². The summed E-state index contributed by atoms with van der Waals surface area (Å²) in [7, 11) is 0. The number of carbonyl (C=O) groups is 2. The Morgan fingerprint density at radius 1 is 1.04 bits per heavy atom. The summed E-state index contributed by atoms with van der Waals surface area (Å²) in [5.41, 5.74) is 0.586. The van der Waals surface area contributed by atoms with Gasteiger partial charge in [-0.3, -0.25) is 4.79 Å². The Labute approximate surface area is 169 Å². The molecule has 2 fully saturated rings. The first-order valence-corrected chi connectivity index (χ1v) is 11.1. The maximum absolute atomic E-state index is 12.5. The molecule has 1 heterocycles. The fraction of sp³-hybridized carbons (Fsp3) is 0.667. The van der Waals surface area contributed by atoms with Crippen molar-refractivity contribution in [2.75, 3.05) is 0 Å². The van der Waals surface area contributed by atoms with Crippen LogP contribution in [0.2, 0.25) is 0 Å². The van der Waals surface area contributed by atoms with Crippen molar-refractivity contribution < 1.29 is 19.1 Å². The molecule has 0 bridgehead atoms. The fourth-order valence-electron chi connectivity index (χ4n) is 4.79. The highest BCUT2D eigenvalue weighted by Crippen LogP contribution is 2.45. The lowest BCUT2D eigenvalue weighted by molar-refractivity contribution is -0.141. The fourth-order valence-corrected chi connectivity index (χ4v) is 4.79. The van der Waals surface area contributed by atoms with Gasteiger partial charge < -0.3 is 9.47 Å². The topological polar surface area (TPSA) is 52.6 Å². The van der Waals surface area contributed by atoms with Crippen LogP contribution in [0.25, 0.3) is 0 Å². The molecule has 1 saturated carbocycles. The minimum absolute atomic E-state index is 0.0693. The van der Waals surface area contributed by atoms with Crippen LogP contribution in [0, 0.1) is 11.8 Å². The number of benzene rings is 1. The van der Waals surface area contributed by atoms with Gasteiger partial charge in [-0.2, -0.15) is 0 Å². The van der Waals surface area contributed by atoms with Gasteiger partial charge in [0, 0.05) is 18.3 Å². The summed E-state index contributed by atoms with van der Waals surface area (Å²) in [6, 6.07) is 9.15. The van der Waals surface area contributed by atoms with E-state index in [0.29, 0.717) is 18.4 Å². The first-order valence-electron chi connectivity index (χ1n) is 11.1. The molecular formula is C24H34O4. The summed E-state index contributed by atoms with van der Waals surface area (Å²) < 4.78 is 11.4. The number of esters is 2. The minimum Gasteiger partial charge on any atom is -0.462 e. The maximum atomic E-state index is 12.5. The molecule has 3 rings (SSSR count). The number of hydrogen-bond acceptors (Lipinski definition) is 4. The van der Waals surface area contributed by atoms with Crippen molar-refractivity contribution in [1.29, 1.82) is 0 Å². The van der Waals surface area contributed by atoms with Crippen LogP contribution >= 0.6 is 0 Å². The second kappa shape index (κ2) is 10.6. The van der Waals surface area contributed by atoms with Crippen LogP contribution in [-0.4, -0.2) is 24.1 Å². The van der Waals surface area contributed by atoms with E-state index in [0.717, 1.165) is 12.8 Å². The molecule has 4 heteroatoms. The number of hydrogen-bond donors (Lipinski definition) is 0. The monoisotopic (exact) mass is 386 g/mol. The number of rotatable bonds is 11. The zero-order valence-electron chi connectivity index (χ0n) is 17.1. The molecule has 1 aromatic carbocycles. The van der Waals surface area contributed by atoms with Gasteiger partial charge in [-0.25, -0.2) is 4.79 Å². The molecule has 3 unspecified atom stereocenters. The quantitative estimate of drug-likeness (QED) is 0.362. The maximum Gasteiger partial charge on any atom is 0.338 e. The smallest absolute Gasteiger partial charge is 0.338 e. The minimum atomic E-state index is -0.266. The van der Waals surface area contributed by atoms with Gasteiger partial charge in [-0.1, -0.05) is 76.5 Å². The molecule has 28 heavy (non-hydrogen) atoms. The molecular weight excluding hydrogens is 352 g/mol. The van der Waals surface area contributed by atoms with Crippen LogP contribution in [0.1, 0.15) is 87.9 Å². The van der Waals surface area contributed by atoms with Gasteiger partial charge in [-0.15, -0.1) is 0 Å². The summed E-state index contributed by atoms with van der Waals surface area (Å²) in [5, 5.41) is 0. The highest BCUT2D eigenvalue weighted by atomic mass is 16.6. The zero-order chi connectivity index (χ0) is 19.8. The predicted molar refractivity (Wildman–Crippen MR) is 109 cm³/mol. The van der Waals surface area contributed by atoms with E-state index in [2.05, 4.69) is 6.92 Å². The van der Waals surface area contributed by atoms with Crippen LogP contribution in [0.5, 0.6) is 0 Å². The molecule has 2 aliphatic rings. The van der Waals surface area contributed by atoms with Crippen molar-refractivity contribution in [3.8, 4) is 0 Å². The molecule has 1 saturated heterocycles. The molecule has 0 spiro atoms. The second-order valence-corrected chi connectivity index (χ2v) is 8.37. The van der Waals surface area contributed by atoms with Crippen molar-refractivity contribution >= 4 is 11.9 Å². The Hall–Kier alpha value is -1.84. The van der Waals surface area contributed by atoms with Crippen LogP contribution in [0.3, 0.4) is 0 Å². The molecule has 154 valence electrons. The van der Waals surface area contributed by atoms with Gasteiger partial charge in [0.15, 0.2) is 0 Å². The highest BCUT2D eigenvalue weighted by molar-refractivity contribution is 5.89. The van der Waals surface area contributed by atoms with E-state index in [1.807, 2.05) is 18.2 Å². The SMILES string of the molecule is CCCCCCCCCC[C@H]1C(OC(=O)c2ccccc2)CC2OC(=O)CC21. The number of fused-ring (bicyclic) bond motifs is 1. The second-order valence-electron chi connectivity index (χ2n) is 8.37. The Bertz CT molecular complexity index is 627. The molecule has 1 aliphatic carbocycles. The average molecular weight is 387 g/mol. The first kappa shape index (κ1) is 20.9. The van der Waals surface area contributed by atoms with Crippen LogP contribution in [-0.2, 0) is 14.3 Å². The third kappa shape index (κ3) is 5.59. The summed E-state index contributed by atoms with van der Waals surface area (Å²) in [6.45, 7) is 2.24. The molecule has 1 aliphatic heterocycles. The van der Waals surface area contributed by atoms with Crippen molar-refractivity contribution in [2.24, 2.45) is 11.8 Å². The van der Waals surface area contributed by atoms with E-state index in [9.17, 15) is 9.59 Å². The van der Waals surface area contributed by atoms with Crippen LogP contribution in [0.4, 0.5) is 0 Å². The van der Waals surface area contributed by atoms with Crippen LogP contribution < -0.4 is 0 Å². The van der Waals surface area contributed by atoms with Crippen LogP contribution in [0.15, 0.2) is 30.3 Å². The van der Waals surface area contributed by atoms with Crippen molar-refractivity contribution in [3.63, 3.8) is 0 Å². The largest absolute Gasteiger partial charge is 0.462 e. The molecule has 0 amide bonds. The van der Waals surface area contributed by atoms with Crippen molar-refractivity contribution in [1.82, 2.24) is 0 Å². The normalized spacial score (nSPS) is 26.1. The third-order valence-corrected chi connectivity index (χ3v) is 6.31. The van der Waals surface area contributed by atoms with Gasteiger partial charge >= 0.3 is 11.9 Å². The standard InChI is InChI=1S/C24H34O4/c1-2-3-4-5-6-7-8-12-15-19-20-16-23(25)27-22(20)17-21(19)28-24(26)18-13-10-9-11-14-18/h9-11,13-14,19-22H,2-8,12,15-17H2,1H3/t19-,20?,21?,22?/m1/s1. The van der Waals surface area contributed by atoms with E-state index in [4.69, 9.17) is 9.47 Å². The first-order chi connectivity index (χ1) is 13.7. The Balaban J connectivity index is 1.48. The summed E-state index contributed by atoms with van der Waals surface area (Å²) in [4.78, 5) is 24.2. The van der Waals surface area contributed by atoms with E-state index in [-0.39, 0.29) is 36.0 Å². The van der Waals surface area contributed by atoms with Gasteiger partial charge in [0.2, 0.25) is 0 Å². The lowest BCUT2D eigenvalue weighted by Crippen LogP contribution is -2.26. The summed E-state index contributed by atoms with van der Waals surface area (Å²) >= 11 is 0. The number of carbonyl (C=O) groups excluding carboxylic acids is 2. The van der Waals surface area contributed by atoms with E-state index in [1.165, 1.54) is 44.9 Å². The number of unbranched alkanes of at least 4 members (excludes halogenated alkanes) is 7. The highest BCUT2D eigenvalue weighted by Gasteiger charge is 2.51. The molecule has 0 radical (unpaired) electrons. The van der Waals surface area contributed by atoms with Crippen molar-refractivity contribution in [3.05, 3.63) is 35.9 Å². The lowest BCUT2D eigenvalue weighted by Gasteiger charge is -2.23. The number of ether oxygens (including phenoxy) is 2. The van der Waals surface area contributed by atoms with Gasteiger partial charge in [0.25, 0.3) is 0 Å². The predicted octanol–water partition coefficient (Wildman–Crippen LogP) is 5.69. The van der Waals surface area contributed by atoms with Gasteiger partial charge in [0.05, 0.1) is 12.0 Å². The molecule has 1 aromatic rings. The van der Waals surface area contributed by atoms with Gasteiger partial charge in [-0.05, 0) is 18.6 Å². The average Bonchev–Trinajstić information content (AvgIpc) is 3.20. The Morgan fingerprint density at radius 2 is 1.71 bits per heavy atom. The summed E-state index contributed by atoms with van der Waals surface area (Å²) in [5.74, 6) is 0.0939. The van der Waals surface area contributed by atoms with E-state index in [1.54, 1.807) is 12.1 Å². The molecule has 4 atom stereocenters. The Morgan fingerprint density at radius 3 is 2.43 bits per heavy atom. The summed E-state index contributed by atoms with van der Waals surface area (Å²) in [6.07, 6.45) is 12.2. The van der Waals surface area contributed by atoms with Crippen molar-refractivity contribution in [2.45, 2.75) is 89.8 Å². The molecule has 0 aromatic heterocycles.